The average molecular weight is 239 g/mol. The molecule has 0 amide bonds. The summed E-state index contributed by atoms with van der Waals surface area (Å²) < 4.78 is 5.13. The number of rotatable bonds is 2. The number of ether oxygens (including phenoxy) is 1. The van der Waals surface area contributed by atoms with Crippen LogP contribution in [0.25, 0.3) is 6.08 Å². The summed E-state index contributed by atoms with van der Waals surface area (Å²) in [5, 5.41) is 0.675. The predicted molar refractivity (Wildman–Crippen MR) is 66.3 cm³/mol. The third-order valence-corrected chi connectivity index (χ3v) is 1.94. The van der Waals surface area contributed by atoms with Crippen LogP contribution < -0.4 is 0 Å². The van der Waals surface area contributed by atoms with Crippen molar-refractivity contribution in [1.29, 1.82) is 0 Å². The molecule has 0 saturated heterocycles. The summed E-state index contributed by atoms with van der Waals surface area (Å²) in [5.74, 6) is -0.345. The molecule has 0 saturated carbocycles. The van der Waals surface area contributed by atoms with Gasteiger partial charge in [0.2, 0.25) is 0 Å². The zero-order valence-corrected chi connectivity index (χ0v) is 10.4. The number of esters is 1. The molecule has 0 aliphatic heterocycles. The Morgan fingerprint density at radius 3 is 2.31 bits per heavy atom. The van der Waals surface area contributed by atoms with E-state index >= 15 is 0 Å². The minimum atomic E-state index is -0.457. The van der Waals surface area contributed by atoms with Crippen molar-refractivity contribution in [2.24, 2.45) is 0 Å². The van der Waals surface area contributed by atoms with Gasteiger partial charge < -0.3 is 4.74 Å². The van der Waals surface area contributed by atoms with E-state index in [2.05, 4.69) is 0 Å². The minimum Gasteiger partial charge on any atom is -0.457 e. The molecule has 0 spiro atoms. The Labute approximate surface area is 101 Å². The van der Waals surface area contributed by atoms with E-state index in [1.54, 1.807) is 18.2 Å². The average Bonchev–Trinajstić information content (AvgIpc) is 2.14. The fourth-order valence-electron chi connectivity index (χ4n) is 1.07. The molecule has 3 heteroatoms. The fourth-order valence-corrected chi connectivity index (χ4v) is 1.20. The third kappa shape index (κ3) is 4.99. The lowest BCUT2D eigenvalue weighted by molar-refractivity contribution is -0.148. The Morgan fingerprint density at radius 2 is 1.81 bits per heavy atom. The molecule has 86 valence electrons. The first-order chi connectivity index (χ1) is 7.37. The van der Waals surface area contributed by atoms with Crippen LogP contribution in [-0.4, -0.2) is 11.6 Å². The summed E-state index contributed by atoms with van der Waals surface area (Å²) in [4.78, 5) is 11.4. The molecule has 1 aromatic rings. The van der Waals surface area contributed by atoms with Crippen LogP contribution in [0.3, 0.4) is 0 Å². The molecule has 0 atom stereocenters. The van der Waals surface area contributed by atoms with Crippen LogP contribution in [0.1, 0.15) is 26.3 Å². The molecular formula is C13H15ClO2. The highest BCUT2D eigenvalue weighted by Crippen LogP contribution is 2.11. The summed E-state index contributed by atoms with van der Waals surface area (Å²) in [7, 11) is 0. The highest BCUT2D eigenvalue weighted by atomic mass is 35.5. The molecular weight excluding hydrogens is 224 g/mol. The van der Waals surface area contributed by atoms with Crippen LogP contribution in [0.2, 0.25) is 5.02 Å². The maximum atomic E-state index is 11.4. The Kier molecular flexibility index (Phi) is 4.13. The molecule has 1 aromatic carbocycles. The first kappa shape index (κ1) is 12.8. The minimum absolute atomic E-state index is 0.345. The molecule has 0 N–H and O–H groups in total. The maximum absolute atomic E-state index is 11.4. The molecule has 2 nitrogen and oxygen atoms in total. The maximum Gasteiger partial charge on any atom is 0.331 e. The van der Waals surface area contributed by atoms with Crippen molar-refractivity contribution in [2.75, 3.05) is 0 Å². The quantitative estimate of drug-likeness (QED) is 0.580. The van der Waals surface area contributed by atoms with Crippen LogP contribution in [0.15, 0.2) is 30.3 Å². The lowest BCUT2D eigenvalue weighted by Crippen LogP contribution is -2.22. The smallest absolute Gasteiger partial charge is 0.331 e. The molecule has 16 heavy (non-hydrogen) atoms. The number of carbonyl (C=O) groups excluding carboxylic acids is 1. The van der Waals surface area contributed by atoms with Gasteiger partial charge in [-0.05, 0) is 44.5 Å². The molecule has 0 aromatic heterocycles. The summed E-state index contributed by atoms with van der Waals surface area (Å²) in [6, 6.07) is 7.22. The van der Waals surface area contributed by atoms with Gasteiger partial charge in [0.05, 0.1) is 0 Å². The van der Waals surface area contributed by atoms with Crippen molar-refractivity contribution in [2.45, 2.75) is 26.4 Å². The van der Waals surface area contributed by atoms with Crippen molar-refractivity contribution in [3.05, 3.63) is 40.9 Å². The van der Waals surface area contributed by atoms with Gasteiger partial charge in [-0.2, -0.15) is 0 Å². The summed E-state index contributed by atoms with van der Waals surface area (Å²) >= 11 is 5.75. The standard InChI is InChI=1S/C13H15ClO2/c1-13(2,3)16-12(15)9-6-10-4-7-11(14)8-5-10/h4-9H,1-3H3/b9-6+. The van der Waals surface area contributed by atoms with E-state index in [-0.39, 0.29) is 5.97 Å². The monoisotopic (exact) mass is 238 g/mol. The Bertz CT molecular complexity index is 385. The van der Waals surface area contributed by atoms with Crippen molar-refractivity contribution < 1.29 is 9.53 Å². The molecule has 0 unspecified atom stereocenters. The van der Waals surface area contributed by atoms with Crippen molar-refractivity contribution in [1.82, 2.24) is 0 Å². The fraction of sp³-hybridized carbons (Fsp3) is 0.308. The number of halogens is 1. The predicted octanol–water partition coefficient (Wildman–Crippen LogP) is 3.69. The number of hydrogen-bond donors (Lipinski definition) is 0. The molecule has 0 fully saturated rings. The highest BCUT2D eigenvalue weighted by molar-refractivity contribution is 6.30. The van der Waals surface area contributed by atoms with Crippen LogP contribution in [0, 0.1) is 0 Å². The van der Waals surface area contributed by atoms with Crippen LogP contribution in [-0.2, 0) is 9.53 Å². The molecule has 0 aliphatic carbocycles. The van der Waals surface area contributed by atoms with Crippen molar-refractivity contribution in [3.8, 4) is 0 Å². The van der Waals surface area contributed by atoms with Gasteiger partial charge >= 0.3 is 5.97 Å². The van der Waals surface area contributed by atoms with Gasteiger partial charge in [-0.1, -0.05) is 23.7 Å². The van der Waals surface area contributed by atoms with Gasteiger partial charge in [0, 0.05) is 11.1 Å². The Balaban J connectivity index is 2.60. The van der Waals surface area contributed by atoms with Crippen LogP contribution in [0.4, 0.5) is 0 Å². The molecule has 0 bridgehead atoms. The Morgan fingerprint density at radius 1 is 1.25 bits per heavy atom. The highest BCUT2D eigenvalue weighted by Gasteiger charge is 2.13. The number of hydrogen-bond acceptors (Lipinski definition) is 2. The molecule has 0 heterocycles. The SMILES string of the molecule is CC(C)(C)OC(=O)/C=C/c1ccc(Cl)cc1. The summed E-state index contributed by atoms with van der Waals surface area (Å²) in [6.45, 7) is 5.50. The summed E-state index contributed by atoms with van der Waals surface area (Å²) in [5.41, 5.74) is 0.455. The zero-order valence-electron chi connectivity index (χ0n) is 9.66. The van der Waals surface area contributed by atoms with Gasteiger partial charge in [-0.25, -0.2) is 4.79 Å². The van der Waals surface area contributed by atoms with E-state index in [4.69, 9.17) is 16.3 Å². The first-order valence-corrected chi connectivity index (χ1v) is 5.41. The van der Waals surface area contributed by atoms with Gasteiger partial charge in [0.15, 0.2) is 0 Å². The lowest BCUT2D eigenvalue weighted by atomic mass is 10.2. The second-order valence-electron chi connectivity index (χ2n) is 4.42. The second-order valence-corrected chi connectivity index (χ2v) is 4.85. The van der Waals surface area contributed by atoms with Crippen molar-refractivity contribution in [3.63, 3.8) is 0 Å². The largest absolute Gasteiger partial charge is 0.457 e. The topological polar surface area (TPSA) is 26.3 Å². The van der Waals surface area contributed by atoms with E-state index in [1.165, 1.54) is 6.08 Å². The van der Waals surface area contributed by atoms with E-state index in [0.29, 0.717) is 5.02 Å². The first-order valence-electron chi connectivity index (χ1n) is 5.03. The van der Waals surface area contributed by atoms with Gasteiger partial charge in [-0.15, -0.1) is 0 Å². The second kappa shape index (κ2) is 5.17. The van der Waals surface area contributed by atoms with E-state index in [9.17, 15) is 4.79 Å². The van der Waals surface area contributed by atoms with E-state index in [1.807, 2.05) is 32.9 Å². The lowest BCUT2D eigenvalue weighted by Gasteiger charge is -2.17. The normalized spacial score (nSPS) is 11.8. The van der Waals surface area contributed by atoms with Gasteiger partial charge in [0.1, 0.15) is 5.60 Å². The molecule has 0 radical (unpaired) electrons. The molecule has 1 rings (SSSR count). The van der Waals surface area contributed by atoms with Gasteiger partial charge in [0.25, 0.3) is 0 Å². The summed E-state index contributed by atoms with van der Waals surface area (Å²) in [6.07, 6.45) is 3.11. The van der Waals surface area contributed by atoms with Crippen LogP contribution in [0.5, 0.6) is 0 Å². The van der Waals surface area contributed by atoms with Gasteiger partial charge in [-0.3, -0.25) is 0 Å². The third-order valence-electron chi connectivity index (χ3n) is 1.69. The molecule has 0 aliphatic rings. The van der Waals surface area contributed by atoms with Crippen molar-refractivity contribution >= 4 is 23.6 Å². The van der Waals surface area contributed by atoms with E-state index < -0.39 is 5.60 Å². The zero-order chi connectivity index (χ0) is 12.2. The van der Waals surface area contributed by atoms with Crippen LogP contribution >= 0.6 is 11.6 Å². The number of carbonyl (C=O) groups is 1. The Hall–Kier alpha value is -1.28. The van der Waals surface area contributed by atoms with E-state index in [0.717, 1.165) is 5.56 Å². The number of benzene rings is 1.